The van der Waals surface area contributed by atoms with Crippen molar-refractivity contribution in [2.75, 3.05) is 0 Å². The van der Waals surface area contributed by atoms with E-state index in [2.05, 4.69) is 167 Å². The highest BCUT2D eigenvalue weighted by molar-refractivity contribution is 6.20. The quantitative estimate of drug-likeness (QED) is 0.192. The van der Waals surface area contributed by atoms with Crippen molar-refractivity contribution < 1.29 is 4.42 Å². The average molecular weight is 625 g/mol. The molecule has 0 saturated carbocycles. The monoisotopic (exact) mass is 624 g/mol. The third-order valence-corrected chi connectivity index (χ3v) is 10.3. The first-order valence-electron chi connectivity index (χ1n) is 16.8. The predicted molar refractivity (Wildman–Crippen MR) is 205 cm³/mol. The van der Waals surface area contributed by atoms with Gasteiger partial charge in [-0.25, -0.2) is 0 Å². The van der Waals surface area contributed by atoms with E-state index in [1.54, 1.807) is 0 Å². The van der Waals surface area contributed by atoms with Crippen LogP contribution in [0.5, 0.6) is 0 Å². The Balaban J connectivity index is 1.19. The molecule has 0 spiro atoms. The minimum Gasteiger partial charge on any atom is -0.456 e. The lowest BCUT2D eigenvalue weighted by Crippen LogP contribution is -1.95. The molecule has 3 aromatic heterocycles. The molecular weight excluding hydrogens is 597 g/mol. The number of fused-ring (bicyclic) bond motifs is 10. The second-order valence-corrected chi connectivity index (χ2v) is 13.0. The molecule has 0 fully saturated rings. The fraction of sp³-hybridized carbons (Fsp3) is 0. The van der Waals surface area contributed by atoms with E-state index >= 15 is 0 Å². The van der Waals surface area contributed by atoms with Gasteiger partial charge in [-0.15, -0.1) is 0 Å². The summed E-state index contributed by atoms with van der Waals surface area (Å²) in [5, 5.41) is 9.76. The number of nitrogens with zero attached hydrogens (tertiary/aromatic N) is 2. The molecule has 0 aliphatic carbocycles. The van der Waals surface area contributed by atoms with Gasteiger partial charge in [0.15, 0.2) is 0 Å². The fourth-order valence-electron chi connectivity index (χ4n) is 8.03. The van der Waals surface area contributed by atoms with E-state index in [4.69, 9.17) is 4.42 Å². The van der Waals surface area contributed by atoms with Crippen LogP contribution in [-0.2, 0) is 0 Å². The summed E-state index contributed by atoms with van der Waals surface area (Å²) in [6, 6.07) is 61.5. The smallest absolute Gasteiger partial charge is 0.135 e. The van der Waals surface area contributed by atoms with Gasteiger partial charge in [0.1, 0.15) is 11.2 Å². The van der Waals surface area contributed by atoms with Crippen molar-refractivity contribution >= 4 is 76.3 Å². The molecular formula is C46H28N2O. The lowest BCUT2D eigenvalue weighted by molar-refractivity contribution is 0.669. The van der Waals surface area contributed by atoms with Gasteiger partial charge in [0.25, 0.3) is 0 Å². The fourth-order valence-corrected chi connectivity index (χ4v) is 8.03. The van der Waals surface area contributed by atoms with E-state index in [1.807, 2.05) is 12.1 Å². The molecule has 0 amide bonds. The molecule has 0 atom stereocenters. The molecule has 3 heteroatoms. The van der Waals surface area contributed by atoms with Gasteiger partial charge < -0.3 is 13.6 Å². The SMILES string of the molecule is c1ccc(-n2c3cc4ccccc4cc3c3cc4c(cc32)c2ccccc2n4-c2cccc(-c3ccc4oc5ccccc5c4c3)c2)cc1. The Hall–Kier alpha value is -6.58. The van der Waals surface area contributed by atoms with Crippen LogP contribution in [0.3, 0.4) is 0 Å². The van der Waals surface area contributed by atoms with Crippen molar-refractivity contribution in [2.24, 2.45) is 0 Å². The summed E-state index contributed by atoms with van der Waals surface area (Å²) in [7, 11) is 0. The van der Waals surface area contributed by atoms with Gasteiger partial charge >= 0.3 is 0 Å². The Morgan fingerprint density at radius 3 is 1.76 bits per heavy atom. The Kier molecular flexibility index (Phi) is 5.38. The third-order valence-electron chi connectivity index (χ3n) is 10.3. The van der Waals surface area contributed by atoms with Gasteiger partial charge in [0, 0.05) is 43.7 Å². The second kappa shape index (κ2) is 9.96. The maximum Gasteiger partial charge on any atom is 0.135 e. The minimum atomic E-state index is 0.912. The maximum absolute atomic E-state index is 6.14. The van der Waals surface area contributed by atoms with Crippen LogP contribution >= 0.6 is 0 Å². The number of aromatic nitrogens is 2. The van der Waals surface area contributed by atoms with Gasteiger partial charge in [0.05, 0.1) is 22.1 Å². The molecule has 3 heterocycles. The van der Waals surface area contributed by atoms with Crippen molar-refractivity contribution in [3.05, 3.63) is 170 Å². The van der Waals surface area contributed by atoms with Crippen LogP contribution in [0, 0.1) is 0 Å². The summed E-state index contributed by atoms with van der Waals surface area (Å²) in [5.41, 5.74) is 11.3. The molecule has 11 aromatic rings. The van der Waals surface area contributed by atoms with Crippen molar-refractivity contribution in [1.29, 1.82) is 0 Å². The molecule has 228 valence electrons. The normalized spacial score (nSPS) is 12.1. The number of rotatable bonds is 3. The average Bonchev–Trinajstić information content (AvgIpc) is 3.80. The second-order valence-electron chi connectivity index (χ2n) is 13.0. The van der Waals surface area contributed by atoms with Gasteiger partial charge in [0.2, 0.25) is 0 Å². The molecule has 3 nitrogen and oxygen atoms in total. The zero-order valence-corrected chi connectivity index (χ0v) is 26.5. The first-order chi connectivity index (χ1) is 24.3. The van der Waals surface area contributed by atoms with Crippen molar-refractivity contribution in [3.8, 4) is 22.5 Å². The number of hydrogen-bond donors (Lipinski definition) is 0. The van der Waals surface area contributed by atoms with Gasteiger partial charge in [-0.1, -0.05) is 97.1 Å². The molecule has 0 aliphatic heterocycles. The van der Waals surface area contributed by atoms with Gasteiger partial charge in [-0.05, 0) is 94.7 Å². The molecule has 0 bridgehead atoms. The molecule has 0 radical (unpaired) electrons. The summed E-state index contributed by atoms with van der Waals surface area (Å²) in [6.07, 6.45) is 0. The van der Waals surface area contributed by atoms with Crippen LogP contribution in [0.4, 0.5) is 0 Å². The standard InChI is InChI=1S/C46H28N2O/c1-2-14-33(15-3-1)47-42-26-31-12-5-4-11-30(31)24-37(42)39-28-43-38(27-44(39)47)35-17-6-8-19-41(35)48(43)34-16-10-13-29(23-34)32-21-22-46-40(25-32)36-18-7-9-20-45(36)49-46/h1-28H. The van der Waals surface area contributed by atoms with Crippen LogP contribution < -0.4 is 0 Å². The molecule has 0 unspecified atom stereocenters. The predicted octanol–water partition coefficient (Wildman–Crippen LogP) is 12.6. The molecule has 0 N–H and O–H groups in total. The highest BCUT2D eigenvalue weighted by atomic mass is 16.3. The summed E-state index contributed by atoms with van der Waals surface area (Å²) in [4.78, 5) is 0. The summed E-state index contributed by atoms with van der Waals surface area (Å²) in [6.45, 7) is 0. The molecule has 11 rings (SSSR count). The van der Waals surface area contributed by atoms with Crippen LogP contribution in [0.1, 0.15) is 0 Å². The topological polar surface area (TPSA) is 23.0 Å². The summed E-state index contributed by atoms with van der Waals surface area (Å²) in [5.74, 6) is 0. The molecule has 0 saturated heterocycles. The van der Waals surface area contributed by atoms with Crippen LogP contribution in [0.25, 0.3) is 98.8 Å². The maximum atomic E-state index is 6.14. The largest absolute Gasteiger partial charge is 0.456 e. The summed E-state index contributed by atoms with van der Waals surface area (Å²) >= 11 is 0. The molecule has 49 heavy (non-hydrogen) atoms. The van der Waals surface area contributed by atoms with Gasteiger partial charge in [-0.2, -0.15) is 0 Å². The van der Waals surface area contributed by atoms with Crippen molar-refractivity contribution in [2.45, 2.75) is 0 Å². The van der Waals surface area contributed by atoms with E-state index in [9.17, 15) is 0 Å². The Labute approximate surface area is 281 Å². The highest BCUT2D eigenvalue weighted by Crippen LogP contribution is 2.41. The highest BCUT2D eigenvalue weighted by Gasteiger charge is 2.19. The van der Waals surface area contributed by atoms with E-state index in [0.717, 1.165) is 33.3 Å². The first-order valence-corrected chi connectivity index (χ1v) is 16.8. The first kappa shape index (κ1) is 26.5. The van der Waals surface area contributed by atoms with Crippen LogP contribution in [-0.4, -0.2) is 9.13 Å². The van der Waals surface area contributed by atoms with Crippen molar-refractivity contribution in [1.82, 2.24) is 9.13 Å². The van der Waals surface area contributed by atoms with Crippen LogP contribution in [0.2, 0.25) is 0 Å². The van der Waals surface area contributed by atoms with Gasteiger partial charge in [-0.3, -0.25) is 0 Å². The number of para-hydroxylation sites is 3. The zero-order valence-electron chi connectivity index (χ0n) is 26.5. The van der Waals surface area contributed by atoms with E-state index < -0.39 is 0 Å². The van der Waals surface area contributed by atoms with E-state index in [0.29, 0.717) is 0 Å². The number of benzene rings is 8. The van der Waals surface area contributed by atoms with Crippen LogP contribution in [0.15, 0.2) is 174 Å². The Bertz CT molecular complexity index is 3100. The summed E-state index contributed by atoms with van der Waals surface area (Å²) < 4.78 is 11.0. The van der Waals surface area contributed by atoms with E-state index in [1.165, 1.54) is 65.5 Å². The van der Waals surface area contributed by atoms with E-state index in [-0.39, 0.29) is 0 Å². The zero-order chi connectivity index (χ0) is 32.1. The molecule has 0 aliphatic rings. The Morgan fingerprint density at radius 2 is 0.898 bits per heavy atom. The Morgan fingerprint density at radius 1 is 0.306 bits per heavy atom. The molecule has 8 aromatic carbocycles. The minimum absolute atomic E-state index is 0.912. The lowest BCUT2D eigenvalue weighted by atomic mass is 10.0. The third kappa shape index (κ3) is 3.84. The lowest BCUT2D eigenvalue weighted by Gasteiger charge is -2.11. The number of hydrogen-bond acceptors (Lipinski definition) is 1. The van der Waals surface area contributed by atoms with Crippen molar-refractivity contribution in [3.63, 3.8) is 0 Å². The number of furan rings is 1.